The molecular formula is C17H26P. The summed E-state index contributed by atoms with van der Waals surface area (Å²) in [5, 5.41) is 1.48. The van der Waals surface area contributed by atoms with E-state index in [1.54, 1.807) is 0 Å². The van der Waals surface area contributed by atoms with Crippen LogP contribution >= 0.6 is 7.92 Å². The van der Waals surface area contributed by atoms with Crippen LogP contribution in [0.4, 0.5) is 0 Å². The highest BCUT2D eigenvalue weighted by molar-refractivity contribution is 7.67. The molecule has 4 atom stereocenters. The molecule has 1 aliphatic carbocycles. The second kappa shape index (κ2) is 6.20. The van der Waals surface area contributed by atoms with Crippen LogP contribution < -0.4 is 5.30 Å². The molecule has 0 amide bonds. The molecule has 1 saturated carbocycles. The Morgan fingerprint density at radius 1 is 1.17 bits per heavy atom. The first kappa shape index (κ1) is 14.1. The Labute approximate surface area is 114 Å². The average Bonchev–Trinajstić information content (AvgIpc) is 2.38. The van der Waals surface area contributed by atoms with Gasteiger partial charge in [-0.05, 0) is 48.2 Å². The zero-order chi connectivity index (χ0) is 13.1. The molecule has 0 bridgehead atoms. The lowest BCUT2D eigenvalue weighted by Crippen LogP contribution is -2.32. The predicted octanol–water partition coefficient (Wildman–Crippen LogP) is 5.05. The highest BCUT2D eigenvalue weighted by atomic mass is 31.1. The van der Waals surface area contributed by atoms with Crippen molar-refractivity contribution >= 4 is 13.2 Å². The number of hydrogen-bond acceptors (Lipinski definition) is 0. The van der Waals surface area contributed by atoms with E-state index in [0.717, 1.165) is 23.4 Å². The molecule has 1 fully saturated rings. The van der Waals surface area contributed by atoms with Crippen LogP contribution in [0.1, 0.15) is 40.0 Å². The highest BCUT2D eigenvalue weighted by Gasteiger charge is 2.34. The van der Waals surface area contributed by atoms with Crippen LogP contribution in [0.25, 0.3) is 0 Å². The third-order valence-electron chi connectivity index (χ3n) is 4.48. The molecular weight excluding hydrogens is 235 g/mol. The van der Waals surface area contributed by atoms with Gasteiger partial charge in [0.1, 0.15) is 0 Å². The van der Waals surface area contributed by atoms with Crippen LogP contribution in [-0.2, 0) is 0 Å². The molecule has 0 saturated heterocycles. The SMILES string of the molecule is [CH2]P(c1ccccc1)C1CC(C)CCC1C(C)C. The van der Waals surface area contributed by atoms with E-state index >= 15 is 0 Å². The van der Waals surface area contributed by atoms with Gasteiger partial charge in [0.2, 0.25) is 0 Å². The van der Waals surface area contributed by atoms with Gasteiger partial charge in [-0.25, -0.2) is 0 Å². The Balaban J connectivity index is 2.17. The Bertz CT molecular complexity index is 357. The van der Waals surface area contributed by atoms with Gasteiger partial charge in [-0.3, -0.25) is 0 Å². The Kier molecular flexibility index (Phi) is 4.84. The zero-order valence-corrected chi connectivity index (χ0v) is 12.9. The maximum absolute atomic E-state index is 4.56. The van der Waals surface area contributed by atoms with Crippen molar-refractivity contribution in [2.24, 2.45) is 17.8 Å². The van der Waals surface area contributed by atoms with Crippen molar-refractivity contribution in [3.8, 4) is 0 Å². The van der Waals surface area contributed by atoms with Crippen LogP contribution in [0, 0.1) is 24.4 Å². The Morgan fingerprint density at radius 3 is 2.44 bits per heavy atom. The van der Waals surface area contributed by atoms with E-state index in [1.165, 1.54) is 24.6 Å². The van der Waals surface area contributed by atoms with E-state index in [-0.39, 0.29) is 7.92 Å². The van der Waals surface area contributed by atoms with Crippen molar-refractivity contribution < 1.29 is 0 Å². The molecule has 1 heteroatoms. The largest absolute Gasteiger partial charge is 0.0715 e. The minimum atomic E-state index is -0.242. The van der Waals surface area contributed by atoms with Gasteiger partial charge in [-0.15, -0.1) is 0 Å². The minimum absolute atomic E-state index is 0.242. The lowest BCUT2D eigenvalue weighted by Gasteiger charge is -2.41. The van der Waals surface area contributed by atoms with Gasteiger partial charge in [0.05, 0.1) is 0 Å². The zero-order valence-electron chi connectivity index (χ0n) is 12.0. The first-order valence-corrected chi connectivity index (χ1v) is 8.84. The third kappa shape index (κ3) is 3.15. The summed E-state index contributed by atoms with van der Waals surface area (Å²) in [5.41, 5.74) is 0.825. The fourth-order valence-corrected chi connectivity index (χ4v) is 5.83. The first-order valence-electron chi connectivity index (χ1n) is 7.24. The lowest BCUT2D eigenvalue weighted by molar-refractivity contribution is 0.242. The van der Waals surface area contributed by atoms with Gasteiger partial charge < -0.3 is 0 Å². The second-order valence-electron chi connectivity index (χ2n) is 6.20. The van der Waals surface area contributed by atoms with Gasteiger partial charge in [0.15, 0.2) is 0 Å². The summed E-state index contributed by atoms with van der Waals surface area (Å²) in [7, 11) is -0.242. The molecule has 1 aromatic carbocycles. The quantitative estimate of drug-likeness (QED) is 0.668. The molecule has 4 unspecified atom stereocenters. The van der Waals surface area contributed by atoms with E-state index in [2.05, 4.69) is 57.8 Å². The summed E-state index contributed by atoms with van der Waals surface area (Å²) in [6, 6.07) is 11.0. The fourth-order valence-electron chi connectivity index (χ4n) is 3.32. The summed E-state index contributed by atoms with van der Waals surface area (Å²) in [5.74, 6) is 2.57. The van der Waals surface area contributed by atoms with Gasteiger partial charge >= 0.3 is 0 Å². The third-order valence-corrected chi connectivity index (χ3v) is 6.83. The molecule has 18 heavy (non-hydrogen) atoms. The Morgan fingerprint density at radius 2 is 1.83 bits per heavy atom. The topological polar surface area (TPSA) is 0 Å². The molecule has 0 nitrogen and oxygen atoms in total. The number of rotatable bonds is 3. The first-order chi connectivity index (χ1) is 8.59. The van der Waals surface area contributed by atoms with Gasteiger partial charge in [0.25, 0.3) is 0 Å². The monoisotopic (exact) mass is 261 g/mol. The standard InChI is InChI=1S/C17H26P/c1-13(2)16-11-10-14(3)12-17(16)18(4)15-8-6-5-7-9-15/h5-9,13-14,16-17H,4,10-12H2,1-3H3. The fraction of sp³-hybridized carbons (Fsp3) is 0.588. The van der Waals surface area contributed by atoms with Crippen LogP contribution in [-0.4, -0.2) is 5.66 Å². The van der Waals surface area contributed by atoms with Gasteiger partial charge in [0, 0.05) is 0 Å². The molecule has 2 rings (SSSR count). The summed E-state index contributed by atoms with van der Waals surface area (Å²) >= 11 is 0. The maximum Gasteiger partial charge on any atom is -0.0136 e. The summed E-state index contributed by atoms with van der Waals surface area (Å²) in [6.45, 7) is 11.8. The molecule has 0 N–H and O–H groups in total. The van der Waals surface area contributed by atoms with Crippen LogP contribution in [0.3, 0.4) is 0 Å². The minimum Gasteiger partial charge on any atom is -0.0715 e. The van der Waals surface area contributed by atoms with E-state index < -0.39 is 0 Å². The molecule has 99 valence electrons. The van der Waals surface area contributed by atoms with Crippen LogP contribution in [0.2, 0.25) is 0 Å². The Hall–Kier alpha value is -0.350. The number of benzene rings is 1. The number of hydrogen-bond donors (Lipinski definition) is 0. The van der Waals surface area contributed by atoms with E-state index in [0.29, 0.717) is 0 Å². The molecule has 1 radical (unpaired) electrons. The molecule has 0 heterocycles. The van der Waals surface area contributed by atoms with Crippen molar-refractivity contribution in [2.45, 2.75) is 45.7 Å². The summed E-state index contributed by atoms with van der Waals surface area (Å²) < 4.78 is 0. The average molecular weight is 261 g/mol. The van der Waals surface area contributed by atoms with E-state index in [9.17, 15) is 0 Å². The van der Waals surface area contributed by atoms with Gasteiger partial charge in [-0.1, -0.05) is 65.4 Å². The van der Waals surface area contributed by atoms with Crippen molar-refractivity contribution in [3.05, 3.63) is 37.0 Å². The summed E-state index contributed by atoms with van der Waals surface area (Å²) in [4.78, 5) is 0. The van der Waals surface area contributed by atoms with E-state index in [1.807, 2.05) is 0 Å². The predicted molar refractivity (Wildman–Crippen MR) is 83.5 cm³/mol. The molecule has 1 aromatic rings. The second-order valence-corrected chi connectivity index (χ2v) is 8.32. The van der Waals surface area contributed by atoms with Crippen molar-refractivity contribution in [3.63, 3.8) is 0 Å². The van der Waals surface area contributed by atoms with E-state index in [4.69, 9.17) is 0 Å². The molecule has 0 aliphatic heterocycles. The van der Waals surface area contributed by atoms with Crippen molar-refractivity contribution in [2.75, 3.05) is 0 Å². The summed E-state index contributed by atoms with van der Waals surface area (Å²) in [6.07, 6.45) is 4.20. The molecule has 0 aromatic heterocycles. The van der Waals surface area contributed by atoms with Crippen LogP contribution in [0.15, 0.2) is 30.3 Å². The smallest absolute Gasteiger partial charge is 0.0136 e. The lowest BCUT2D eigenvalue weighted by atomic mass is 9.77. The molecule has 1 aliphatic rings. The van der Waals surface area contributed by atoms with Crippen molar-refractivity contribution in [1.82, 2.24) is 0 Å². The van der Waals surface area contributed by atoms with Gasteiger partial charge in [-0.2, -0.15) is 0 Å². The van der Waals surface area contributed by atoms with Crippen molar-refractivity contribution in [1.29, 1.82) is 0 Å². The van der Waals surface area contributed by atoms with Crippen LogP contribution in [0.5, 0.6) is 0 Å². The normalized spacial score (nSPS) is 30.4. The molecule has 0 spiro atoms. The highest BCUT2D eigenvalue weighted by Crippen LogP contribution is 2.51. The maximum atomic E-state index is 4.56.